The average Bonchev–Trinajstić information content (AvgIpc) is 2.51. The van der Waals surface area contributed by atoms with Gasteiger partial charge in [0.25, 0.3) is 5.56 Å². The Bertz CT molecular complexity index is 953. The summed E-state index contributed by atoms with van der Waals surface area (Å²) in [6, 6.07) is 14.7. The molecule has 0 saturated carbocycles. The number of hydrogen-bond donors (Lipinski definition) is 0. The van der Waals surface area contributed by atoms with Crippen molar-refractivity contribution >= 4 is 22.5 Å². The Morgan fingerprint density at radius 2 is 1.95 bits per heavy atom. The van der Waals surface area contributed by atoms with Crippen LogP contribution in [0.4, 0.5) is 0 Å². The third-order valence-electron chi connectivity index (χ3n) is 3.48. The van der Waals surface area contributed by atoms with Crippen LogP contribution < -0.4 is 5.56 Å². The molecule has 0 amide bonds. The molecule has 3 aromatic rings. The molecule has 4 nitrogen and oxygen atoms in total. The molecule has 0 saturated heterocycles. The molecular weight excluding hydrogens is 298 g/mol. The van der Waals surface area contributed by atoms with Gasteiger partial charge in [-0.2, -0.15) is 5.26 Å². The van der Waals surface area contributed by atoms with Crippen molar-refractivity contribution in [1.82, 2.24) is 9.55 Å². The van der Waals surface area contributed by atoms with Crippen LogP contribution in [0.3, 0.4) is 0 Å². The number of nitriles is 1. The van der Waals surface area contributed by atoms with E-state index in [0.29, 0.717) is 22.5 Å². The van der Waals surface area contributed by atoms with Gasteiger partial charge in [0.15, 0.2) is 0 Å². The van der Waals surface area contributed by atoms with Crippen molar-refractivity contribution in [3.8, 4) is 6.07 Å². The van der Waals surface area contributed by atoms with E-state index in [1.807, 2.05) is 37.3 Å². The second-order valence-electron chi connectivity index (χ2n) is 5.09. The zero-order chi connectivity index (χ0) is 15.7. The summed E-state index contributed by atoms with van der Waals surface area (Å²) in [5, 5.41) is 10.2. The predicted molar refractivity (Wildman–Crippen MR) is 86.0 cm³/mol. The van der Waals surface area contributed by atoms with Gasteiger partial charge in [0, 0.05) is 5.02 Å². The smallest absolute Gasteiger partial charge is 0.262 e. The first kappa shape index (κ1) is 14.3. The number of fused-ring (bicyclic) bond motifs is 1. The molecule has 22 heavy (non-hydrogen) atoms. The van der Waals surface area contributed by atoms with E-state index < -0.39 is 0 Å². The number of hydrogen-bond acceptors (Lipinski definition) is 3. The summed E-state index contributed by atoms with van der Waals surface area (Å²) in [5.41, 5.74) is 2.29. The van der Waals surface area contributed by atoms with Gasteiger partial charge in [-0.05, 0) is 30.7 Å². The number of aryl methyl sites for hydroxylation is 1. The van der Waals surface area contributed by atoms with Crippen LogP contribution in [0.2, 0.25) is 5.02 Å². The molecular formula is C17H12ClN3O. The van der Waals surface area contributed by atoms with E-state index in [4.69, 9.17) is 11.6 Å². The first-order valence-electron chi connectivity index (χ1n) is 6.74. The molecule has 0 spiro atoms. The van der Waals surface area contributed by atoms with Gasteiger partial charge in [-0.25, -0.2) is 4.98 Å². The van der Waals surface area contributed by atoms with Crippen LogP contribution in [0.25, 0.3) is 10.9 Å². The topological polar surface area (TPSA) is 58.7 Å². The maximum Gasteiger partial charge on any atom is 0.262 e. The molecule has 108 valence electrons. The van der Waals surface area contributed by atoms with Crippen LogP contribution in [0, 0.1) is 18.3 Å². The Balaban J connectivity index is 2.18. The monoisotopic (exact) mass is 309 g/mol. The molecule has 2 aromatic carbocycles. The maximum absolute atomic E-state index is 12.6. The largest absolute Gasteiger partial charge is 0.279 e. The summed E-state index contributed by atoms with van der Waals surface area (Å²) in [6.07, 6.45) is 0. The van der Waals surface area contributed by atoms with Gasteiger partial charge in [-0.15, -0.1) is 0 Å². The highest BCUT2D eigenvalue weighted by Crippen LogP contribution is 2.16. The quantitative estimate of drug-likeness (QED) is 0.730. The summed E-state index contributed by atoms with van der Waals surface area (Å²) in [6.45, 7) is 2.31. The van der Waals surface area contributed by atoms with E-state index in [-0.39, 0.29) is 11.4 Å². The molecule has 0 aliphatic carbocycles. The lowest BCUT2D eigenvalue weighted by atomic mass is 10.1. The predicted octanol–water partition coefficient (Wildman–Crippen LogP) is 3.28. The molecule has 0 N–H and O–H groups in total. The molecule has 0 atom stereocenters. The molecule has 0 bridgehead atoms. The van der Waals surface area contributed by atoms with Crippen molar-refractivity contribution in [2.24, 2.45) is 0 Å². The standard InChI is InChI=1S/C17H12ClN3O/c1-11-2-4-12(5-3-11)10-21-16(9-19)20-15-8-13(18)6-7-14(15)17(21)22/h2-8H,10H2,1H3. The fraction of sp³-hybridized carbons (Fsp3) is 0.118. The molecule has 1 heterocycles. The highest BCUT2D eigenvalue weighted by molar-refractivity contribution is 6.31. The van der Waals surface area contributed by atoms with E-state index in [0.717, 1.165) is 11.1 Å². The summed E-state index contributed by atoms with van der Waals surface area (Å²) in [5.74, 6) is 0.0836. The van der Waals surface area contributed by atoms with Gasteiger partial charge in [0.2, 0.25) is 5.82 Å². The van der Waals surface area contributed by atoms with Gasteiger partial charge in [-0.1, -0.05) is 41.4 Å². The van der Waals surface area contributed by atoms with Crippen LogP contribution in [-0.4, -0.2) is 9.55 Å². The Labute approximate surface area is 132 Å². The number of halogens is 1. The van der Waals surface area contributed by atoms with E-state index in [9.17, 15) is 10.1 Å². The van der Waals surface area contributed by atoms with Crippen LogP contribution in [0.1, 0.15) is 17.0 Å². The number of aromatic nitrogens is 2. The Morgan fingerprint density at radius 3 is 2.64 bits per heavy atom. The minimum absolute atomic E-state index is 0.0836. The van der Waals surface area contributed by atoms with E-state index >= 15 is 0 Å². The average molecular weight is 310 g/mol. The number of rotatable bonds is 2. The summed E-state index contributed by atoms with van der Waals surface area (Å²) in [7, 11) is 0. The second kappa shape index (κ2) is 5.63. The van der Waals surface area contributed by atoms with E-state index in [1.165, 1.54) is 4.57 Å². The van der Waals surface area contributed by atoms with Crippen LogP contribution in [0.15, 0.2) is 47.3 Å². The molecule has 5 heteroatoms. The minimum atomic E-state index is -0.237. The van der Waals surface area contributed by atoms with E-state index in [1.54, 1.807) is 18.2 Å². The van der Waals surface area contributed by atoms with Crippen LogP contribution in [-0.2, 0) is 6.54 Å². The number of benzene rings is 2. The molecule has 0 unspecified atom stereocenters. The summed E-state index contributed by atoms with van der Waals surface area (Å²) < 4.78 is 1.39. The Kier molecular flexibility index (Phi) is 3.66. The maximum atomic E-state index is 12.6. The zero-order valence-corrected chi connectivity index (χ0v) is 12.6. The first-order chi connectivity index (χ1) is 10.6. The molecule has 0 aliphatic rings. The van der Waals surface area contributed by atoms with Gasteiger partial charge in [0.05, 0.1) is 17.4 Å². The lowest BCUT2D eigenvalue weighted by Crippen LogP contribution is -2.24. The molecule has 0 radical (unpaired) electrons. The second-order valence-corrected chi connectivity index (χ2v) is 5.52. The van der Waals surface area contributed by atoms with Crippen molar-refractivity contribution in [2.75, 3.05) is 0 Å². The van der Waals surface area contributed by atoms with Gasteiger partial charge < -0.3 is 0 Å². The molecule has 1 aromatic heterocycles. The van der Waals surface area contributed by atoms with E-state index in [2.05, 4.69) is 4.98 Å². The van der Waals surface area contributed by atoms with Crippen LogP contribution >= 0.6 is 11.6 Å². The summed E-state index contributed by atoms with van der Waals surface area (Å²) >= 11 is 5.92. The van der Waals surface area contributed by atoms with Crippen LogP contribution in [0.5, 0.6) is 0 Å². The van der Waals surface area contributed by atoms with Crippen molar-refractivity contribution in [3.05, 3.63) is 74.8 Å². The highest BCUT2D eigenvalue weighted by Gasteiger charge is 2.11. The lowest BCUT2D eigenvalue weighted by molar-refractivity contribution is 0.733. The van der Waals surface area contributed by atoms with Gasteiger partial charge in [-0.3, -0.25) is 9.36 Å². The number of nitrogens with zero attached hydrogens (tertiary/aromatic N) is 3. The lowest BCUT2D eigenvalue weighted by Gasteiger charge is -2.09. The third-order valence-corrected chi connectivity index (χ3v) is 3.71. The first-order valence-corrected chi connectivity index (χ1v) is 7.12. The van der Waals surface area contributed by atoms with Crippen molar-refractivity contribution in [1.29, 1.82) is 5.26 Å². The normalized spacial score (nSPS) is 10.6. The fourth-order valence-corrected chi connectivity index (χ4v) is 2.47. The molecule has 0 aliphatic heterocycles. The van der Waals surface area contributed by atoms with Gasteiger partial charge in [0.1, 0.15) is 6.07 Å². The van der Waals surface area contributed by atoms with Crippen molar-refractivity contribution < 1.29 is 0 Å². The third kappa shape index (κ3) is 2.59. The zero-order valence-electron chi connectivity index (χ0n) is 11.9. The van der Waals surface area contributed by atoms with Gasteiger partial charge >= 0.3 is 0 Å². The Hall–Kier alpha value is -2.64. The van der Waals surface area contributed by atoms with Crippen molar-refractivity contribution in [2.45, 2.75) is 13.5 Å². The van der Waals surface area contributed by atoms with Crippen molar-refractivity contribution in [3.63, 3.8) is 0 Å². The fourth-order valence-electron chi connectivity index (χ4n) is 2.30. The minimum Gasteiger partial charge on any atom is -0.279 e. The SMILES string of the molecule is Cc1ccc(Cn2c(C#N)nc3cc(Cl)ccc3c2=O)cc1. The Morgan fingerprint density at radius 1 is 1.23 bits per heavy atom. The summed E-state index contributed by atoms with van der Waals surface area (Å²) in [4.78, 5) is 16.9. The molecule has 3 rings (SSSR count). The highest BCUT2D eigenvalue weighted by atomic mass is 35.5. The molecule has 0 fully saturated rings.